The van der Waals surface area contributed by atoms with Crippen LogP contribution < -0.4 is 5.73 Å². The fourth-order valence-electron chi connectivity index (χ4n) is 1.39. The van der Waals surface area contributed by atoms with Crippen molar-refractivity contribution in [1.29, 1.82) is 0 Å². The number of hydrogen-bond acceptors (Lipinski definition) is 3. The molecule has 0 aromatic rings. The minimum Gasteiger partial charge on any atom is -0.460 e. The monoisotopic (exact) mass is 169 g/mol. The lowest BCUT2D eigenvalue weighted by Gasteiger charge is -2.16. The fourth-order valence-corrected chi connectivity index (χ4v) is 1.39. The van der Waals surface area contributed by atoms with E-state index in [1.807, 2.05) is 12.2 Å². The highest BCUT2D eigenvalue weighted by atomic mass is 16.5. The lowest BCUT2D eigenvalue weighted by molar-refractivity contribution is -0.131. The minimum absolute atomic E-state index is 0.0324. The van der Waals surface area contributed by atoms with E-state index < -0.39 is 0 Å². The van der Waals surface area contributed by atoms with Crippen LogP contribution in [0.2, 0.25) is 0 Å². The van der Waals surface area contributed by atoms with Gasteiger partial charge in [-0.05, 0) is 31.8 Å². The van der Waals surface area contributed by atoms with E-state index in [0.29, 0.717) is 6.47 Å². The normalized spacial score (nSPS) is 33.1. The van der Waals surface area contributed by atoms with Crippen molar-refractivity contribution in [2.24, 2.45) is 5.73 Å². The summed E-state index contributed by atoms with van der Waals surface area (Å²) in [4.78, 5) is 10.1. The highest BCUT2D eigenvalue weighted by Gasteiger charge is 2.09. The van der Waals surface area contributed by atoms with Crippen molar-refractivity contribution in [2.75, 3.05) is 0 Å². The third kappa shape index (κ3) is 3.05. The summed E-state index contributed by atoms with van der Waals surface area (Å²) in [6.45, 7) is 0.510. The van der Waals surface area contributed by atoms with E-state index in [-0.39, 0.29) is 12.1 Å². The van der Waals surface area contributed by atoms with Crippen LogP contribution in [-0.4, -0.2) is 18.6 Å². The van der Waals surface area contributed by atoms with Gasteiger partial charge in [0.25, 0.3) is 6.47 Å². The van der Waals surface area contributed by atoms with Crippen molar-refractivity contribution in [1.82, 2.24) is 0 Å². The number of carbonyl (C=O) groups is 1. The smallest absolute Gasteiger partial charge is 0.293 e. The minimum atomic E-state index is -0.0324. The van der Waals surface area contributed by atoms with Crippen molar-refractivity contribution in [3.63, 3.8) is 0 Å². The first kappa shape index (κ1) is 9.26. The molecule has 0 heterocycles. The van der Waals surface area contributed by atoms with E-state index in [4.69, 9.17) is 10.5 Å². The molecule has 2 atom stereocenters. The van der Waals surface area contributed by atoms with E-state index in [1.54, 1.807) is 0 Å². The van der Waals surface area contributed by atoms with E-state index in [9.17, 15) is 4.79 Å². The molecule has 0 saturated heterocycles. The second-order valence-electron chi connectivity index (χ2n) is 3.13. The van der Waals surface area contributed by atoms with Gasteiger partial charge < -0.3 is 10.5 Å². The van der Waals surface area contributed by atoms with Gasteiger partial charge in [-0.2, -0.15) is 0 Å². The molecule has 0 bridgehead atoms. The van der Waals surface area contributed by atoms with Crippen LogP contribution in [0, 0.1) is 0 Å². The Kier molecular flexibility index (Phi) is 3.80. The van der Waals surface area contributed by atoms with Crippen LogP contribution in [-0.2, 0) is 9.53 Å². The van der Waals surface area contributed by atoms with Gasteiger partial charge in [0.2, 0.25) is 0 Å². The molecule has 3 heteroatoms. The quantitative estimate of drug-likeness (QED) is 0.495. The van der Waals surface area contributed by atoms with Crippen molar-refractivity contribution < 1.29 is 9.53 Å². The second kappa shape index (κ2) is 4.93. The van der Waals surface area contributed by atoms with E-state index >= 15 is 0 Å². The first-order chi connectivity index (χ1) is 5.83. The first-order valence-corrected chi connectivity index (χ1v) is 4.34. The summed E-state index contributed by atoms with van der Waals surface area (Å²) < 4.78 is 4.85. The van der Waals surface area contributed by atoms with Gasteiger partial charge in [-0.3, -0.25) is 4.79 Å². The van der Waals surface area contributed by atoms with Crippen LogP contribution in [0.3, 0.4) is 0 Å². The van der Waals surface area contributed by atoms with Crippen LogP contribution >= 0.6 is 0 Å². The maximum absolute atomic E-state index is 10.1. The summed E-state index contributed by atoms with van der Waals surface area (Å²) in [6.07, 6.45) is 7.72. The lowest BCUT2D eigenvalue weighted by Crippen LogP contribution is -2.21. The highest BCUT2D eigenvalue weighted by molar-refractivity contribution is 5.38. The molecule has 12 heavy (non-hydrogen) atoms. The molecule has 0 radical (unpaired) electrons. The zero-order chi connectivity index (χ0) is 8.81. The molecule has 1 aliphatic rings. The Bertz CT molecular complexity index is 168. The Labute approximate surface area is 72.6 Å². The molecule has 0 amide bonds. The summed E-state index contributed by atoms with van der Waals surface area (Å²) in [6, 6.07) is 0.276. The molecule has 0 aromatic heterocycles. The summed E-state index contributed by atoms with van der Waals surface area (Å²) in [5.74, 6) is 0. The van der Waals surface area contributed by atoms with Gasteiger partial charge in [0.1, 0.15) is 6.10 Å². The zero-order valence-electron chi connectivity index (χ0n) is 7.11. The van der Waals surface area contributed by atoms with Crippen molar-refractivity contribution >= 4 is 6.47 Å². The topological polar surface area (TPSA) is 52.3 Å². The third-order valence-electron chi connectivity index (χ3n) is 2.08. The van der Waals surface area contributed by atoms with Crippen LogP contribution in [0.1, 0.15) is 25.7 Å². The van der Waals surface area contributed by atoms with Crippen LogP contribution in [0.4, 0.5) is 0 Å². The van der Waals surface area contributed by atoms with Gasteiger partial charge in [0.15, 0.2) is 0 Å². The van der Waals surface area contributed by atoms with Gasteiger partial charge >= 0.3 is 0 Å². The molecular formula is C9H15NO2. The molecule has 0 saturated carbocycles. The molecule has 1 rings (SSSR count). The average molecular weight is 169 g/mol. The molecule has 0 aliphatic heterocycles. The number of ether oxygens (including phenoxy) is 1. The van der Waals surface area contributed by atoms with Crippen LogP contribution in [0.15, 0.2) is 12.2 Å². The maximum atomic E-state index is 10.1. The van der Waals surface area contributed by atoms with Gasteiger partial charge in [-0.25, -0.2) is 0 Å². The third-order valence-corrected chi connectivity index (χ3v) is 2.08. The summed E-state index contributed by atoms with van der Waals surface area (Å²) in [5, 5.41) is 0. The molecule has 68 valence electrons. The van der Waals surface area contributed by atoms with Gasteiger partial charge in [0.05, 0.1) is 0 Å². The zero-order valence-corrected chi connectivity index (χ0v) is 7.11. The molecular weight excluding hydrogens is 154 g/mol. The van der Waals surface area contributed by atoms with Crippen LogP contribution in [0.25, 0.3) is 0 Å². The first-order valence-electron chi connectivity index (χ1n) is 4.34. The lowest BCUT2D eigenvalue weighted by atomic mass is 10.0. The van der Waals surface area contributed by atoms with Crippen molar-refractivity contribution in [3.8, 4) is 0 Å². The molecule has 2 unspecified atom stereocenters. The van der Waals surface area contributed by atoms with E-state index in [2.05, 4.69) is 0 Å². The Balaban J connectivity index is 2.40. The molecule has 0 spiro atoms. The van der Waals surface area contributed by atoms with E-state index in [1.165, 1.54) is 0 Å². The Morgan fingerprint density at radius 2 is 2.33 bits per heavy atom. The largest absolute Gasteiger partial charge is 0.460 e. The standard InChI is InChI=1S/C9H15NO2/c10-8-3-1-5-9(12-7-11)6-2-4-8/h1,5,7-9H,2-4,6,10H2/b5-1+. The Morgan fingerprint density at radius 1 is 1.50 bits per heavy atom. The van der Waals surface area contributed by atoms with Crippen LogP contribution in [0.5, 0.6) is 0 Å². The maximum Gasteiger partial charge on any atom is 0.293 e. The fraction of sp³-hybridized carbons (Fsp3) is 0.667. The number of rotatable bonds is 2. The summed E-state index contributed by atoms with van der Waals surface area (Å²) >= 11 is 0. The van der Waals surface area contributed by atoms with Crippen molar-refractivity contribution in [3.05, 3.63) is 12.2 Å². The summed E-state index contributed by atoms with van der Waals surface area (Å²) in [7, 11) is 0. The second-order valence-corrected chi connectivity index (χ2v) is 3.13. The number of carbonyl (C=O) groups excluding carboxylic acids is 1. The average Bonchev–Trinajstić information content (AvgIpc) is 2.00. The van der Waals surface area contributed by atoms with Gasteiger partial charge in [-0.15, -0.1) is 0 Å². The Hall–Kier alpha value is -0.830. The van der Waals surface area contributed by atoms with Gasteiger partial charge in [-0.1, -0.05) is 6.08 Å². The molecule has 1 aliphatic carbocycles. The highest BCUT2D eigenvalue weighted by Crippen LogP contribution is 2.12. The predicted octanol–water partition coefficient (Wildman–Crippen LogP) is 0.985. The molecule has 0 fully saturated rings. The predicted molar refractivity (Wildman–Crippen MR) is 46.5 cm³/mol. The number of hydrogen-bond donors (Lipinski definition) is 1. The summed E-state index contributed by atoms with van der Waals surface area (Å²) in [5.41, 5.74) is 5.76. The molecule has 0 aromatic carbocycles. The van der Waals surface area contributed by atoms with E-state index in [0.717, 1.165) is 25.7 Å². The van der Waals surface area contributed by atoms with Gasteiger partial charge in [0, 0.05) is 6.04 Å². The van der Waals surface area contributed by atoms with Crippen molar-refractivity contribution in [2.45, 2.75) is 37.8 Å². The number of nitrogens with two attached hydrogens (primary N) is 1. The molecule has 2 N–H and O–H groups in total. The SMILES string of the molecule is NC1C/C=C/C(OC=O)CCC1. The molecule has 3 nitrogen and oxygen atoms in total. The Morgan fingerprint density at radius 3 is 3.08 bits per heavy atom.